The minimum atomic E-state index is -0.703. The van der Waals surface area contributed by atoms with Crippen molar-refractivity contribution in [2.24, 2.45) is 10.9 Å². The highest BCUT2D eigenvalue weighted by atomic mass is 32.1. The molecule has 39 heavy (non-hydrogen) atoms. The van der Waals surface area contributed by atoms with Crippen molar-refractivity contribution in [2.45, 2.75) is 46.6 Å². The van der Waals surface area contributed by atoms with Crippen molar-refractivity contribution >= 4 is 23.4 Å². The SMILES string of the molecule is CCCC1=C(C(=O)OCC)[C@H](c2ccc3c(c2)OCO3)n2c(s/c(=C/c3ccc(OCC(C)C)cc3)c2=O)=N1. The van der Waals surface area contributed by atoms with Gasteiger partial charge in [0.15, 0.2) is 16.3 Å². The number of nitrogens with zero attached hydrogens (tertiary/aromatic N) is 2. The maximum Gasteiger partial charge on any atom is 0.338 e. The summed E-state index contributed by atoms with van der Waals surface area (Å²) >= 11 is 1.31. The summed E-state index contributed by atoms with van der Waals surface area (Å²) in [5.41, 5.74) is 2.39. The first kappa shape index (κ1) is 26.7. The van der Waals surface area contributed by atoms with Crippen LogP contribution in [0, 0.1) is 5.92 Å². The van der Waals surface area contributed by atoms with Crippen LogP contribution < -0.4 is 29.1 Å². The van der Waals surface area contributed by atoms with Crippen LogP contribution >= 0.6 is 11.3 Å². The predicted molar refractivity (Wildman–Crippen MR) is 149 cm³/mol. The van der Waals surface area contributed by atoms with Crippen molar-refractivity contribution < 1.29 is 23.7 Å². The largest absolute Gasteiger partial charge is 0.493 e. The second-order valence-electron chi connectivity index (χ2n) is 9.80. The lowest BCUT2D eigenvalue weighted by atomic mass is 9.94. The minimum absolute atomic E-state index is 0.129. The highest BCUT2D eigenvalue weighted by molar-refractivity contribution is 7.07. The average molecular weight is 549 g/mol. The molecule has 0 spiro atoms. The topological polar surface area (TPSA) is 88.4 Å². The number of thiazole rings is 1. The second-order valence-corrected chi connectivity index (χ2v) is 10.8. The summed E-state index contributed by atoms with van der Waals surface area (Å²) in [6.45, 7) is 8.99. The molecular formula is C30H32N2O6S. The van der Waals surface area contributed by atoms with Crippen LogP contribution in [-0.2, 0) is 9.53 Å². The van der Waals surface area contributed by atoms with E-state index >= 15 is 0 Å². The van der Waals surface area contributed by atoms with E-state index in [1.165, 1.54) is 11.3 Å². The predicted octanol–water partition coefficient (Wildman–Crippen LogP) is 4.34. The Kier molecular flexibility index (Phi) is 7.88. The fourth-order valence-electron chi connectivity index (χ4n) is 4.59. The Bertz CT molecular complexity index is 1580. The van der Waals surface area contributed by atoms with Gasteiger partial charge in [-0.05, 0) is 60.7 Å². The molecule has 0 saturated carbocycles. The zero-order valence-corrected chi connectivity index (χ0v) is 23.4. The fourth-order valence-corrected chi connectivity index (χ4v) is 5.61. The number of fused-ring (bicyclic) bond motifs is 2. The number of hydrogen-bond acceptors (Lipinski definition) is 8. The molecule has 2 aromatic carbocycles. The molecule has 0 fully saturated rings. The number of esters is 1. The van der Waals surface area contributed by atoms with Crippen molar-refractivity contribution in [2.75, 3.05) is 20.0 Å². The third kappa shape index (κ3) is 5.49. The molecule has 2 aliphatic rings. The standard InChI is InChI=1S/C30H32N2O6S/c1-5-7-22-26(29(34)35-6-2)27(20-10-13-23-24(15-20)38-17-37-23)32-28(33)25(39-30(32)31-22)14-19-8-11-21(12-9-19)36-16-18(3)4/h8-15,18,27H,5-7,16-17H2,1-4H3/b25-14+/t27-/m0/s1. The first-order valence-corrected chi connectivity index (χ1v) is 14.1. The second kappa shape index (κ2) is 11.5. The van der Waals surface area contributed by atoms with E-state index in [0.717, 1.165) is 23.3 Å². The summed E-state index contributed by atoms with van der Waals surface area (Å²) in [5.74, 6) is 1.95. The zero-order valence-electron chi connectivity index (χ0n) is 22.6. The molecule has 0 N–H and O–H groups in total. The molecule has 2 aliphatic heterocycles. The van der Waals surface area contributed by atoms with Crippen LogP contribution in [0.25, 0.3) is 6.08 Å². The highest BCUT2D eigenvalue weighted by Gasteiger charge is 2.35. The lowest BCUT2D eigenvalue weighted by Crippen LogP contribution is -2.40. The Morgan fingerprint density at radius 2 is 1.92 bits per heavy atom. The lowest BCUT2D eigenvalue weighted by molar-refractivity contribution is -0.139. The van der Waals surface area contributed by atoms with Gasteiger partial charge in [-0.1, -0.05) is 56.7 Å². The van der Waals surface area contributed by atoms with E-state index in [9.17, 15) is 9.59 Å². The van der Waals surface area contributed by atoms with Crippen LogP contribution in [0.2, 0.25) is 0 Å². The van der Waals surface area contributed by atoms with E-state index in [0.29, 0.717) is 51.0 Å². The Balaban J connectivity index is 1.63. The van der Waals surface area contributed by atoms with E-state index in [1.807, 2.05) is 49.4 Å². The molecule has 0 radical (unpaired) electrons. The molecule has 204 valence electrons. The fraction of sp³-hybridized carbons (Fsp3) is 0.367. The Morgan fingerprint density at radius 3 is 2.64 bits per heavy atom. The van der Waals surface area contributed by atoms with Crippen molar-refractivity contribution in [3.8, 4) is 17.2 Å². The summed E-state index contributed by atoms with van der Waals surface area (Å²) in [4.78, 5) is 32.6. The molecule has 5 rings (SSSR count). The van der Waals surface area contributed by atoms with Gasteiger partial charge in [-0.25, -0.2) is 9.79 Å². The molecular weight excluding hydrogens is 516 g/mol. The number of benzene rings is 2. The summed E-state index contributed by atoms with van der Waals surface area (Å²) in [6, 6.07) is 12.4. The molecule has 0 amide bonds. The van der Waals surface area contributed by atoms with E-state index in [4.69, 9.17) is 23.9 Å². The van der Waals surface area contributed by atoms with E-state index in [2.05, 4.69) is 13.8 Å². The summed E-state index contributed by atoms with van der Waals surface area (Å²) < 4.78 is 24.5. The van der Waals surface area contributed by atoms with Gasteiger partial charge >= 0.3 is 5.97 Å². The van der Waals surface area contributed by atoms with Gasteiger partial charge in [-0.2, -0.15) is 0 Å². The van der Waals surface area contributed by atoms with Gasteiger partial charge in [0.25, 0.3) is 5.56 Å². The molecule has 0 aliphatic carbocycles. The van der Waals surface area contributed by atoms with Crippen molar-refractivity contribution in [3.05, 3.63) is 84.5 Å². The van der Waals surface area contributed by atoms with Crippen molar-refractivity contribution in [1.82, 2.24) is 4.57 Å². The number of rotatable bonds is 9. The van der Waals surface area contributed by atoms with Crippen LogP contribution in [0.4, 0.5) is 0 Å². The number of carbonyl (C=O) groups excluding carboxylic acids is 1. The number of ether oxygens (including phenoxy) is 4. The van der Waals surface area contributed by atoms with Crippen LogP contribution in [0.3, 0.4) is 0 Å². The first-order chi connectivity index (χ1) is 18.9. The maximum absolute atomic E-state index is 13.9. The van der Waals surface area contributed by atoms with E-state index in [1.54, 1.807) is 17.6 Å². The molecule has 0 saturated heterocycles. The van der Waals surface area contributed by atoms with Gasteiger partial charge in [0.1, 0.15) is 5.75 Å². The third-order valence-electron chi connectivity index (χ3n) is 6.37. The summed E-state index contributed by atoms with van der Waals surface area (Å²) in [5, 5.41) is 0. The quantitative estimate of drug-likeness (QED) is 0.370. The molecule has 3 heterocycles. The molecule has 1 aromatic heterocycles. The molecule has 8 nitrogen and oxygen atoms in total. The number of hydrogen-bond donors (Lipinski definition) is 0. The van der Waals surface area contributed by atoms with Gasteiger partial charge in [0.05, 0.1) is 35.1 Å². The Morgan fingerprint density at radius 1 is 1.15 bits per heavy atom. The van der Waals surface area contributed by atoms with Crippen LogP contribution in [0.5, 0.6) is 17.2 Å². The zero-order chi connectivity index (χ0) is 27.5. The van der Waals surface area contributed by atoms with Gasteiger partial charge < -0.3 is 18.9 Å². The van der Waals surface area contributed by atoms with Crippen LogP contribution in [-0.4, -0.2) is 30.5 Å². The number of aromatic nitrogens is 1. The van der Waals surface area contributed by atoms with Crippen molar-refractivity contribution in [1.29, 1.82) is 0 Å². The van der Waals surface area contributed by atoms with Gasteiger partial charge in [-0.15, -0.1) is 0 Å². The summed E-state index contributed by atoms with van der Waals surface area (Å²) in [7, 11) is 0. The van der Waals surface area contributed by atoms with E-state index in [-0.39, 0.29) is 19.0 Å². The molecule has 3 aromatic rings. The normalized spacial score (nSPS) is 16.3. The Labute approximate surface area is 230 Å². The van der Waals surface area contributed by atoms with Gasteiger partial charge in [0, 0.05) is 0 Å². The lowest BCUT2D eigenvalue weighted by Gasteiger charge is -2.25. The maximum atomic E-state index is 13.9. The van der Waals surface area contributed by atoms with Gasteiger partial charge in [-0.3, -0.25) is 9.36 Å². The summed E-state index contributed by atoms with van der Waals surface area (Å²) in [6.07, 6.45) is 3.22. The van der Waals surface area contributed by atoms with Crippen molar-refractivity contribution in [3.63, 3.8) is 0 Å². The smallest absolute Gasteiger partial charge is 0.338 e. The van der Waals surface area contributed by atoms with E-state index < -0.39 is 12.0 Å². The molecule has 9 heteroatoms. The molecule has 0 bridgehead atoms. The average Bonchev–Trinajstić information content (AvgIpc) is 3.51. The van der Waals surface area contributed by atoms with Crippen LogP contribution in [0.15, 0.2) is 63.5 Å². The first-order valence-electron chi connectivity index (χ1n) is 13.2. The minimum Gasteiger partial charge on any atom is -0.493 e. The molecule has 0 unspecified atom stereocenters. The highest BCUT2D eigenvalue weighted by Crippen LogP contribution is 2.38. The van der Waals surface area contributed by atoms with Crippen LogP contribution in [0.1, 0.15) is 57.7 Å². The Hall–Kier alpha value is -3.85. The molecule has 1 atom stereocenters. The number of allylic oxidation sites excluding steroid dienone is 1. The number of carbonyl (C=O) groups is 1. The van der Waals surface area contributed by atoms with Gasteiger partial charge in [0.2, 0.25) is 6.79 Å². The third-order valence-corrected chi connectivity index (χ3v) is 7.35. The monoisotopic (exact) mass is 548 g/mol.